The number of amides is 1. The number of hydrogen-bond donors (Lipinski definition) is 6. The first-order chi connectivity index (χ1) is 32.7. The number of esters is 1. The topological polar surface area (TPSA) is 175 Å². The predicted octanol–water partition coefficient (Wildman–Crippen LogP) is 10.6. The Morgan fingerprint density at radius 2 is 1.07 bits per heavy atom. The predicted molar refractivity (Wildman–Crippen MR) is 273 cm³/mol. The van der Waals surface area contributed by atoms with Crippen molar-refractivity contribution in [2.45, 2.75) is 217 Å². The molecule has 1 aliphatic rings. The number of carbonyl (C=O) groups is 2. The summed E-state index contributed by atoms with van der Waals surface area (Å²) in [5.74, 6) is -1.27. The van der Waals surface area contributed by atoms with Crippen LogP contribution in [0.1, 0.15) is 168 Å². The molecule has 1 amide bonds. The van der Waals surface area contributed by atoms with Crippen LogP contribution in [-0.4, -0.2) is 99.6 Å². The van der Waals surface area contributed by atoms with Crippen molar-refractivity contribution in [2.75, 3.05) is 13.2 Å². The standard InChI is InChI=1S/C56H91NO10/c1-4-7-10-13-16-19-22-24-26-28-31-34-37-40-43-49(60)55(64)57-47(48(59)42-39-36-33-30-27-21-18-15-12-9-6-3)46-65-56-54(53(63)52(62)50(45-58)66-56)67-51(61)44-41-38-35-32-29-25-23-20-17-14-11-8-5-2/h7-8,10-11,13-14,16-17,19-20,22-26,29,39,42,47-50,52-54,56,58-60,62-63H,4-6,9,12,15,18,21,27-28,30-38,40-41,43-46H2,1-3H3,(H,57,64)/b10-7+,11-8+,16-13+,17-14+,22-19+,23-20-,26-24-,29-25-,42-39+. The second kappa shape index (κ2) is 43.6. The van der Waals surface area contributed by atoms with Crippen molar-refractivity contribution in [1.82, 2.24) is 5.32 Å². The summed E-state index contributed by atoms with van der Waals surface area (Å²) in [5.41, 5.74) is 0. The summed E-state index contributed by atoms with van der Waals surface area (Å²) in [6.07, 6.45) is 47.2. The minimum absolute atomic E-state index is 0.0679. The van der Waals surface area contributed by atoms with Gasteiger partial charge in [-0.2, -0.15) is 0 Å². The molecule has 1 rings (SSSR count). The average molecular weight is 938 g/mol. The van der Waals surface area contributed by atoms with Crippen molar-refractivity contribution in [3.63, 3.8) is 0 Å². The number of allylic oxidation sites excluding steroid dienone is 17. The van der Waals surface area contributed by atoms with Gasteiger partial charge in [0, 0.05) is 6.42 Å². The Balaban J connectivity index is 2.84. The normalized spacial score (nSPS) is 21.0. The van der Waals surface area contributed by atoms with E-state index in [0.717, 1.165) is 83.5 Å². The van der Waals surface area contributed by atoms with Crippen molar-refractivity contribution in [3.8, 4) is 0 Å². The first kappa shape index (κ1) is 61.3. The quantitative estimate of drug-likeness (QED) is 0.0150. The molecule has 0 saturated carbocycles. The van der Waals surface area contributed by atoms with Crippen molar-refractivity contribution in [1.29, 1.82) is 0 Å². The van der Waals surface area contributed by atoms with Gasteiger partial charge in [0.05, 0.1) is 25.4 Å². The van der Waals surface area contributed by atoms with Gasteiger partial charge < -0.3 is 45.1 Å². The smallest absolute Gasteiger partial charge is 0.306 e. The van der Waals surface area contributed by atoms with E-state index in [4.69, 9.17) is 14.2 Å². The fourth-order valence-corrected chi connectivity index (χ4v) is 7.26. The lowest BCUT2D eigenvalue weighted by atomic mass is 9.99. The molecule has 1 aliphatic heterocycles. The largest absolute Gasteiger partial charge is 0.454 e. The van der Waals surface area contributed by atoms with Crippen LogP contribution in [-0.2, 0) is 23.8 Å². The summed E-state index contributed by atoms with van der Waals surface area (Å²) in [6.45, 7) is 5.41. The molecule has 11 nitrogen and oxygen atoms in total. The zero-order chi connectivity index (χ0) is 49.0. The lowest BCUT2D eigenvalue weighted by Crippen LogP contribution is -2.61. The highest BCUT2D eigenvalue weighted by Gasteiger charge is 2.47. The van der Waals surface area contributed by atoms with Gasteiger partial charge in [0.2, 0.25) is 5.91 Å². The van der Waals surface area contributed by atoms with Gasteiger partial charge in [-0.15, -0.1) is 0 Å². The summed E-state index contributed by atoms with van der Waals surface area (Å²) in [4.78, 5) is 26.3. The molecular weight excluding hydrogens is 847 g/mol. The molecule has 380 valence electrons. The molecule has 0 aromatic heterocycles. The fourth-order valence-electron chi connectivity index (χ4n) is 7.26. The number of ether oxygens (including phenoxy) is 3. The molecule has 0 aromatic carbocycles. The van der Waals surface area contributed by atoms with E-state index >= 15 is 0 Å². The number of unbranched alkanes of at least 4 members (excludes halogenated alkanes) is 16. The number of rotatable bonds is 40. The van der Waals surface area contributed by atoms with Crippen LogP contribution in [0.3, 0.4) is 0 Å². The van der Waals surface area contributed by atoms with E-state index in [0.29, 0.717) is 12.8 Å². The maximum absolute atomic E-state index is 13.3. The second-order valence-corrected chi connectivity index (χ2v) is 17.3. The third-order valence-electron chi connectivity index (χ3n) is 11.4. The lowest BCUT2D eigenvalue weighted by molar-refractivity contribution is -0.305. The maximum Gasteiger partial charge on any atom is 0.306 e. The molecule has 8 unspecified atom stereocenters. The van der Waals surface area contributed by atoms with Gasteiger partial charge in [-0.1, -0.05) is 207 Å². The molecule has 0 bridgehead atoms. The Morgan fingerprint density at radius 1 is 0.597 bits per heavy atom. The minimum atomic E-state index is -1.64. The second-order valence-electron chi connectivity index (χ2n) is 17.3. The van der Waals surface area contributed by atoms with Crippen LogP contribution in [0.2, 0.25) is 0 Å². The first-order valence-corrected chi connectivity index (χ1v) is 25.8. The number of nitrogens with one attached hydrogen (secondary N) is 1. The van der Waals surface area contributed by atoms with E-state index < -0.39 is 67.4 Å². The molecule has 0 spiro atoms. The number of hydrogen-bond acceptors (Lipinski definition) is 10. The van der Waals surface area contributed by atoms with Crippen LogP contribution >= 0.6 is 0 Å². The summed E-state index contributed by atoms with van der Waals surface area (Å²) < 4.78 is 17.4. The highest BCUT2D eigenvalue weighted by Crippen LogP contribution is 2.26. The molecule has 1 heterocycles. The lowest BCUT2D eigenvalue weighted by Gasteiger charge is -2.41. The van der Waals surface area contributed by atoms with Crippen LogP contribution in [0.25, 0.3) is 0 Å². The van der Waals surface area contributed by atoms with E-state index in [9.17, 15) is 35.1 Å². The number of aliphatic hydroxyl groups excluding tert-OH is 5. The van der Waals surface area contributed by atoms with E-state index in [-0.39, 0.29) is 19.4 Å². The van der Waals surface area contributed by atoms with Crippen LogP contribution in [0, 0.1) is 0 Å². The van der Waals surface area contributed by atoms with E-state index in [1.54, 1.807) is 6.08 Å². The van der Waals surface area contributed by atoms with Crippen molar-refractivity contribution in [2.24, 2.45) is 0 Å². The molecule has 0 aliphatic carbocycles. The summed E-state index contributed by atoms with van der Waals surface area (Å²) in [6, 6.07) is -1.05. The molecular formula is C56H91NO10. The van der Waals surface area contributed by atoms with E-state index in [1.807, 2.05) is 79.0 Å². The van der Waals surface area contributed by atoms with Gasteiger partial charge in [-0.05, 0) is 64.2 Å². The highest BCUT2D eigenvalue weighted by molar-refractivity contribution is 5.80. The van der Waals surface area contributed by atoms with Gasteiger partial charge in [0.1, 0.15) is 24.4 Å². The fraction of sp³-hybridized carbons (Fsp3) is 0.643. The molecule has 0 radical (unpaired) electrons. The average Bonchev–Trinajstić information content (AvgIpc) is 3.32. The Labute approximate surface area is 405 Å². The van der Waals surface area contributed by atoms with Gasteiger partial charge in [0.25, 0.3) is 0 Å². The van der Waals surface area contributed by atoms with E-state index in [1.165, 1.54) is 38.5 Å². The summed E-state index contributed by atoms with van der Waals surface area (Å²) in [5, 5.41) is 56.5. The Bertz CT molecular complexity index is 1500. The van der Waals surface area contributed by atoms with E-state index in [2.05, 4.69) is 50.4 Å². The summed E-state index contributed by atoms with van der Waals surface area (Å²) >= 11 is 0. The third kappa shape index (κ3) is 32.7. The summed E-state index contributed by atoms with van der Waals surface area (Å²) in [7, 11) is 0. The SMILES string of the molecule is CC/C=C/C=C/C=C\C=C/CCCCCC(=O)OC1C(OCC(NC(=O)C(O)CCCCCC\C=C/C=C/C=C/C=C/CC)C(O)/C=C/CCCCCCCCCCC)OC(CO)C(O)C1O. The Morgan fingerprint density at radius 3 is 1.61 bits per heavy atom. The third-order valence-corrected chi connectivity index (χ3v) is 11.4. The molecule has 6 N–H and O–H groups in total. The van der Waals surface area contributed by atoms with Crippen molar-refractivity contribution in [3.05, 3.63) is 109 Å². The van der Waals surface area contributed by atoms with Crippen LogP contribution in [0.4, 0.5) is 0 Å². The maximum atomic E-state index is 13.3. The number of aliphatic hydroxyl groups is 5. The zero-order valence-corrected chi connectivity index (χ0v) is 41.5. The zero-order valence-electron chi connectivity index (χ0n) is 41.5. The van der Waals surface area contributed by atoms with Gasteiger partial charge in [-0.3, -0.25) is 9.59 Å². The minimum Gasteiger partial charge on any atom is -0.454 e. The van der Waals surface area contributed by atoms with Gasteiger partial charge in [-0.25, -0.2) is 0 Å². The van der Waals surface area contributed by atoms with Crippen LogP contribution < -0.4 is 5.32 Å². The van der Waals surface area contributed by atoms with Crippen molar-refractivity contribution >= 4 is 11.9 Å². The highest BCUT2D eigenvalue weighted by atomic mass is 16.7. The molecule has 11 heteroatoms. The van der Waals surface area contributed by atoms with Gasteiger partial charge in [0.15, 0.2) is 12.4 Å². The first-order valence-electron chi connectivity index (χ1n) is 25.8. The molecule has 1 fully saturated rings. The van der Waals surface area contributed by atoms with Crippen LogP contribution in [0.15, 0.2) is 109 Å². The number of carbonyl (C=O) groups excluding carboxylic acids is 2. The van der Waals surface area contributed by atoms with Crippen LogP contribution in [0.5, 0.6) is 0 Å². The van der Waals surface area contributed by atoms with Crippen molar-refractivity contribution < 1.29 is 49.3 Å². The molecule has 1 saturated heterocycles. The monoisotopic (exact) mass is 938 g/mol. The Hall–Kier alpha value is -3.68. The molecule has 0 aromatic rings. The molecule has 8 atom stereocenters. The molecule has 67 heavy (non-hydrogen) atoms. The van der Waals surface area contributed by atoms with Gasteiger partial charge >= 0.3 is 5.97 Å². The Kier molecular flexibility index (Phi) is 39.9.